The molecule has 0 aromatic rings. The number of hydrogen-bond donors (Lipinski definition) is 2. The molecule has 0 aliphatic rings. The van der Waals surface area contributed by atoms with Crippen molar-refractivity contribution >= 4 is 0 Å². The van der Waals surface area contributed by atoms with E-state index in [1.165, 1.54) is 0 Å². The highest BCUT2D eigenvalue weighted by atomic mass is 15.2. The zero-order chi connectivity index (χ0) is 7.44. The van der Waals surface area contributed by atoms with Crippen LogP contribution in [0.25, 0.3) is 0 Å². The number of nitrogens with zero attached hydrogens (tertiary/aromatic N) is 1. The molecule has 0 aromatic heterocycles. The standard InChI is InChI=1S/C6H15N3/c1-4-9(3)6(8)5(2)7/h4,7-8H2,1-3H3/b6-5+. The molecule has 0 heterocycles. The molecule has 0 saturated carbocycles. The number of hydrogen-bond acceptors (Lipinski definition) is 3. The quantitative estimate of drug-likeness (QED) is 0.553. The minimum Gasteiger partial charge on any atom is -0.399 e. The molecular weight excluding hydrogens is 114 g/mol. The van der Waals surface area contributed by atoms with Gasteiger partial charge in [-0.15, -0.1) is 0 Å². The maximum Gasteiger partial charge on any atom is 0.117 e. The van der Waals surface area contributed by atoms with Crippen molar-refractivity contribution in [2.24, 2.45) is 11.5 Å². The molecule has 0 aliphatic carbocycles. The van der Waals surface area contributed by atoms with Gasteiger partial charge in [-0.1, -0.05) is 0 Å². The van der Waals surface area contributed by atoms with Gasteiger partial charge in [0.25, 0.3) is 0 Å². The van der Waals surface area contributed by atoms with Crippen molar-refractivity contribution in [3.63, 3.8) is 0 Å². The first-order valence-electron chi connectivity index (χ1n) is 3.02. The zero-order valence-corrected chi connectivity index (χ0v) is 6.31. The Hall–Kier alpha value is -0.860. The molecule has 0 aromatic carbocycles. The van der Waals surface area contributed by atoms with E-state index < -0.39 is 0 Å². The van der Waals surface area contributed by atoms with Crippen LogP contribution in [0.3, 0.4) is 0 Å². The van der Waals surface area contributed by atoms with Crippen LogP contribution < -0.4 is 11.5 Å². The molecule has 0 aliphatic heterocycles. The van der Waals surface area contributed by atoms with E-state index in [0.717, 1.165) is 6.54 Å². The highest BCUT2D eigenvalue weighted by molar-refractivity contribution is 5.01. The van der Waals surface area contributed by atoms with Gasteiger partial charge in [-0.25, -0.2) is 0 Å². The fraction of sp³-hybridized carbons (Fsp3) is 0.667. The molecule has 0 saturated heterocycles. The van der Waals surface area contributed by atoms with Gasteiger partial charge < -0.3 is 16.4 Å². The highest BCUT2D eigenvalue weighted by Gasteiger charge is 1.96. The minimum atomic E-state index is 0.664. The number of allylic oxidation sites excluding steroid dienone is 1. The van der Waals surface area contributed by atoms with Gasteiger partial charge in [-0.2, -0.15) is 0 Å². The second-order valence-electron chi connectivity index (χ2n) is 2.08. The van der Waals surface area contributed by atoms with Gasteiger partial charge in [0.1, 0.15) is 5.82 Å². The van der Waals surface area contributed by atoms with Crippen LogP contribution >= 0.6 is 0 Å². The van der Waals surface area contributed by atoms with E-state index in [4.69, 9.17) is 11.5 Å². The molecule has 0 bridgehead atoms. The Labute approximate surface area is 56.3 Å². The lowest BCUT2D eigenvalue weighted by atomic mass is 10.4. The van der Waals surface area contributed by atoms with Crippen LogP contribution in [0.1, 0.15) is 13.8 Å². The molecule has 9 heavy (non-hydrogen) atoms. The average molecular weight is 129 g/mol. The number of nitrogens with two attached hydrogens (primary N) is 2. The summed E-state index contributed by atoms with van der Waals surface area (Å²) in [5.74, 6) is 0.664. The Morgan fingerprint density at radius 1 is 1.44 bits per heavy atom. The summed E-state index contributed by atoms with van der Waals surface area (Å²) < 4.78 is 0. The van der Waals surface area contributed by atoms with Gasteiger partial charge in [-0.3, -0.25) is 0 Å². The summed E-state index contributed by atoms with van der Waals surface area (Å²) in [5, 5.41) is 0. The predicted octanol–water partition coefficient (Wildman–Crippen LogP) is 0.0445. The zero-order valence-electron chi connectivity index (χ0n) is 6.31. The van der Waals surface area contributed by atoms with Crippen molar-refractivity contribution in [2.45, 2.75) is 13.8 Å². The Kier molecular flexibility index (Phi) is 2.91. The first kappa shape index (κ1) is 8.14. The van der Waals surface area contributed by atoms with E-state index in [1.54, 1.807) is 6.92 Å². The van der Waals surface area contributed by atoms with E-state index in [1.807, 2.05) is 18.9 Å². The third kappa shape index (κ3) is 2.26. The van der Waals surface area contributed by atoms with Crippen LogP contribution in [-0.4, -0.2) is 18.5 Å². The van der Waals surface area contributed by atoms with Crippen LogP contribution in [0.4, 0.5) is 0 Å². The van der Waals surface area contributed by atoms with Gasteiger partial charge in [0.05, 0.1) is 0 Å². The summed E-state index contributed by atoms with van der Waals surface area (Å²) in [5.41, 5.74) is 11.7. The lowest BCUT2D eigenvalue weighted by Gasteiger charge is -2.17. The molecular formula is C6H15N3. The number of rotatable bonds is 2. The molecule has 0 unspecified atom stereocenters. The monoisotopic (exact) mass is 129 g/mol. The van der Waals surface area contributed by atoms with E-state index in [9.17, 15) is 0 Å². The van der Waals surface area contributed by atoms with Crippen LogP contribution in [0, 0.1) is 0 Å². The fourth-order valence-electron chi connectivity index (χ4n) is 0.471. The summed E-state index contributed by atoms with van der Waals surface area (Å²) in [6.07, 6.45) is 0. The Balaban J connectivity index is 4.02. The van der Waals surface area contributed by atoms with Crippen molar-refractivity contribution in [1.82, 2.24) is 4.90 Å². The first-order valence-corrected chi connectivity index (χ1v) is 3.02. The highest BCUT2D eigenvalue weighted by Crippen LogP contribution is 1.94. The normalized spacial score (nSPS) is 12.8. The summed E-state index contributed by atoms with van der Waals surface area (Å²) >= 11 is 0. The molecule has 0 spiro atoms. The topological polar surface area (TPSA) is 55.3 Å². The molecule has 3 heteroatoms. The Bertz CT molecular complexity index is 113. The van der Waals surface area contributed by atoms with Gasteiger partial charge in [0.2, 0.25) is 0 Å². The van der Waals surface area contributed by atoms with Gasteiger partial charge >= 0.3 is 0 Å². The summed E-state index contributed by atoms with van der Waals surface area (Å²) in [4.78, 5) is 1.90. The van der Waals surface area contributed by atoms with E-state index >= 15 is 0 Å². The van der Waals surface area contributed by atoms with Crippen molar-refractivity contribution < 1.29 is 0 Å². The predicted molar refractivity (Wildman–Crippen MR) is 39.4 cm³/mol. The van der Waals surface area contributed by atoms with Gasteiger partial charge in [-0.05, 0) is 13.8 Å². The average Bonchev–Trinajstić information content (AvgIpc) is 1.84. The Morgan fingerprint density at radius 3 is 2.00 bits per heavy atom. The molecule has 4 N–H and O–H groups in total. The lowest BCUT2D eigenvalue weighted by Crippen LogP contribution is -2.26. The summed E-state index contributed by atoms with van der Waals surface area (Å²) in [6.45, 7) is 4.71. The molecule has 54 valence electrons. The van der Waals surface area contributed by atoms with Crippen LogP contribution in [0.5, 0.6) is 0 Å². The van der Waals surface area contributed by atoms with Crippen molar-refractivity contribution in [3.05, 3.63) is 11.5 Å². The third-order valence-electron chi connectivity index (χ3n) is 1.29. The van der Waals surface area contributed by atoms with Crippen LogP contribution in [0.2, 0.25) is 0 Å². The largest absolute Gasteiger partial charge is 0.399 e. The smallest absolute Gasteiger partial charge is 0.117 e. The second-order valence-corrected chi connectivity index (χ2v) is 2.08. The van der Waals surface area contributed by atoms with Gasteiger partial charge in [0, 0.05) is 19.3 Å². The minimum absolute atomic E-state index is 0.664. The summed E-state index contributed by atoms with van der Waals surface area (Å²) in [7, 11) is 1.91. The molecule has 0 atom stereocenters. The van der Waals surface area contributed by atoms with Gasteiger partial charge in [0.15, 0.2) is 0 Å². The Morgan fingerprint density at radius 2 is 1.89 bits per heavy atom. The molecule has 3 nitrogen and oxygen atoms in total. The maximum atomic E-state index is 5.55. The van der Waals surface area contributed by atoms with Crippen molar-refractivity contribution in [3.8, 4) is 0 Å². The van der Waals surface area contributed by atoms with Crippen LogP contribution in [-0.2, 0) is 0 Å². The second kappa shape index (κ2) is 3.22. The van der Waals surface area contributed by atoms with Crippen molar-refractivity contribution in [1.29, 1.82) is 0 Å². The first-order chi connectivity index (χ1) is 4.09. The maximum absolute atomic E-state index is 5.55. The molecule has 0 amide bonds. The lowest BCUT2D eigenvalue weighted by molar-refractivity contribution is 0.431. The molecule has 0 radical (unpaired) electrons. The van der Waals surface area contributed by atoms with E-state index in [2.05, 4.69) is 0 Å². The molecule has 0 fully saturated rings. The van der Waals surface area contributed by atoms with E-state index in [-0.39, 0.29) is 0 Å². The fourth-order valence-corrected chi connectivity index (χ4v) is 0.471. The SMILES string of the molecule is CCN(C)/C(N)=C(\C)N. The summed E-state index contributed by atoms with van der Waals surface area (Å²) in [6, 6.07) is 0. The molecule has 0 rings (SSSR count). The third-order valence-corrected chi connectivity index (χ3v) is 1.29. The van der Waals surface area contributed by atoms with Crippen molar-refractivity contribution in [2.75, 3.05) is 13.6 Å². The van der Waals surface area contributed by atoms with E-state index in [0.29, 0.717) is 11.5 Å². The van der Waals surface area contributed by atoms with Crippen LogP contribution in [0.15, 0.2) is 11.5 Å².